The molecular weight excluding hydrogens is 281 g/mol. The molecule has 0 aliphatic rings. The zero-order valence-corrected chi connectivity index (χ0v) is 9.95. The van der Waals surface area contributed by atoms with Gasteiger partial charge in [-0.3, -0.25) is 4.98 Å². The molecule has 0 fully saturated rings. The maximum atomic E-state index is 10.4. The van der Waals surface area contributed by atoms with Crippen LogP contribution in [0.4, 0.5) is 0 Å². The molecule has 0 bridgehead atoms. The Morgan fingerprint density at radius 3 is 2.31 bits per heavy atom. The van der Waals surface area contributed by atoms with Crippen molar-refractivity contribution in [3.8, 4) is 0 Å². The summed E-state index contributed by atoms with van der Waals surface area (Å²) in [4.78, 5) is 16.3. The maximum absolute atomic E-state index is 10.4. The molecule has 3 nitrogen and oxygen atoms in total. The molecule has 0 amide bonds. The van der Waals surface area contributed by atoms with Crippen LogP contribution in [0.3, 0.4) is 0 Å². The Hall–Kier alpha value is -0.650. The van der Waals surface area contributed by atoms with Crippen molar-refractivity contribution < 1.29 is 9.90 Å². The third-order valence-corrected chi connectivity index (χ3v) is 1.44. The van der Waals surface area contributed by atoms with Crippen LogP contribution in [0.5, 0.6) is 0 Å². The molecule has 0 saturated carbocycles. The lowest BCUT2D eigenvalue weighted by atomic mass is 10.2. The highest BCUT2D eigenvalue weighted by Crippen LogP contribution is 2.04. The van der Waals surface area contributed by atoms with Crippen LogP contribution in [0, 0.1) is 13.8 Å². The molecule has 0 aliphatic heterocycles. The second-order valence-corrected chi connectivity index (χ2v) is 2.37. The molecule has 4 heteroatoms. The number of carboxylic acid groups (broad SMARTS) is 1. The lowest BCUT2D eigenvalue weighted by molar-refractivity contribution is -0.255. The van der Waals surface area contributed by atoms with Gasteiger partial charge in [-0.05, 0) is 30.9 Å². The smallest absolute Gasteiger partial charge is 0.0733 e. The van der Waals surface area contributed by atoms with Gasteiger partial charge in [0.15, 0.2) is 0 Å². The van der Waals surface area contributed by atoms with Crippen molar-refractivity contribution >= 4 is 28.6 Å². The summed E-state index contributed by atoms with van der Waals surface area (Å²) in [6.45, 7) is 3.46. The molecule has 0 unspecified atom stereocenters. The summed E-state index contributed by atoms with van der Waals surface area (Å²) in [5.74, 6) is -1.17. The minimum absolute atomic E-state index is 0.163. The number of rotatable bonds is 1. The van der Waals surface area contributed by atoms with Crippen molar-refractivity contribution in [2.45, 2.75) is 13.8 Å². The monoisotopic (exact) mass is 292 g/mol. The molecule has 1 heterocycles. The van der Waals surface area contributed by atoms with Gasteiger partial charge in [0.1, 0.15) is 0 Å². The van der Waals surface area contributed by atoms with Crippen molar-refractivity contribution in [1.82, 2.24) is 4.98 Å². The van der Waals surface area contributed by atoms with E-state index in [0.717, 1.165) is 5.69 Å². The highest BCUT2D eigenvalue weighted by molar-refractivity contribution is 14.1. The van der Waals surface area contributed by atoms with E-state index < -0.39 is 5.97 Å². The number of aromatic nitrogens is 1. The zero-order chi connectivity index (χ0) is 10.4. The van der Waals surface area contributed by atoms with Crippen LogP contribution < -0.4 is 5.11 Å². The van der Waals surface area contributed by atoms with Crippen LogP contribution in [-0.2, 0) is 0 Å². The lowest BCUT2D eigenvalue weighted by Crippen LogP contribution is -2.23. The fourth-order valence-electron chi connectivity index (χ4n) is 0.902. The maximum Gasteiger partial charge on any atom is 0.0733 e. The van der Waals surface area contributed by atoms with Crippen molar-refractivity contribution in [2.75, 3.05) is 4.93 Å². The van der Waals surface area contributed by atoms with Gasteiger partial charge in [0.25, 0.3) is 0 Å². The third-order valence-electron chi connectivity index (χ3n) is 1.44. The Morgan fingerprint density at radius 1 is 1.38 bits per heavy atom. The number of carboxylic acids is 1. The fourth-order valence-corrected chi connectivity index (χ4v) is 0.902. The number of nitrogens with zero attached hydrogens (tertiary/aromatic N) is 1. The van der Waals surface area contributed by atoms with E-state index in [-0.39, 0.29) is 5.56 Å². The standard InChI is InChI=1S/C8H9NO2.CH3I/c1-5-3-4-7(8(10)11)6(2)9-5;1-2/h3-4H,1-2H3,(H,10,11);1H3/p-1. The van der Waals surface area contributed by atoms with Gasteiger partial charge in [-0.2, -0.15) is 0 Å². The van der Waals surface area contributed by atoms with Gasteiger partial charge >= 0.3 is 0 Å². The quantitative estimate of drug-likeness (QED) is 0.575. The zero-order valence-electron chi connectivity index (χ0n) is 7.80. The summed E-state index contributed by atoms with van der Waals surface area (Å²) >= 11 is 2.15. The number of aromatic carboxylic acids is 1. The van der Waals surface area contributed by atoms with E-state index in [9.17, 15) is 9.90 Å². The topological polar surface area (TPSA) is 53.0 Å². The number of pyridine rings is 1. The summed E-state index contributed by atoms with van der Waals surface area (Å²) in [7, 11) is 0. The van der Waals surface area contributed by atoms with Crippen molar-refractivity contribution in [3.05, 3.63) is 29.1 Å². The average molecular weight is 292 g/mol. The van der Waals surface area contributed by atoms with E-state index >= 15 is 0 Å². The van der Waals surface area contributed by atoms with E-state index in [1.165, 1.54) is 6.07 Å². The Labute approximate surface area is 91.3 Å². The van der Waals surface area contributed by atoms with Crippen LogP contribution in [0.1, 0.15) is 21.7 Å². The molecule has 1 rings (SSSR count). The number of alkyl halides is 1. The lowest BCUT2D eigenvalue weighted by Gasteiger charge is -2.05. The fraction of sp³-hybridized carbons (Fsp3) is 0.333. The van der Waals surface area contributed by atoms with Crippen LogP contribution in [0.15, 0.2) is 12.1 Å². The molecule has 1 aromatic rings. The highest BCUT2D eigenvalue weighted by atomic mass is 127. The van der Waals surface area contributed by atoms with Gasteiger partial charge in [0.05, 0.1) is 5.97 Å². The Morgan fingerprint density at radius 2 is 1.92 bits per heavy atom. The molecular formula is C9H11INO2-. The number of hydrogen-bond donors (Lipinski definition) is 0. The first-order chi connectivity index (χ1) is 6.11. The SMILES string of the molecule is CI.Cc1ccc(C(=O)[O-])c(C)n1. The van der Waals surface area contributed by atoms with E-state index in [4.69, 9.17) is 0 Å². The van der Waals surface area contributed by atoms with E-state index in [0.29, 0.717) is 5.69 Å². The summed E-state index contributed by atoms with van der Waals surface area (Å²) in [6.07, 6.45) is 0. The summed E-state index contributed by atoms with van der Waals surface area (Å²) < 4.78 is 0. The Bertz CT molecular complexity index is 300. The summed E-state index contributed by atoms with van der Waals surface area (Å²) in [5, 5.41) is 10.4. The number of aryl methyl sites for hydroxylation is 2. The molecule has 0 aliphatic carbocycles. The minimum atomic E-state index is -1.17. The summed E-state index contributed by atoms with van der Waals surface area (Å²) in [5.41, 5.74) is 1.48. The van der Waals surface area contributed by atoms with Gasteiger partial charge in [-0.25, -0.2) is 0 Å². The molecule has 72 valence electrons. The molecule has 13 heavy (non-hydrogen) atoms. The molecule has 1 aromatic heterocycles. The highest BCUT2D eigenvalue weighted by Gasteiger charge is 1.98. The average Bonchev–Trinajstić information content (AvgIpc) is 2.07. The predicted molar refractivity (Wildman–Crippen MR) is 58.0 cm³/mol. The third kappa shape index (κ3) is 3.71. The molecule has 0 radical (unpaired) electrons. The normalized spacial score (nSPS) is 8.62. The van der Waals surface area contributed by atoms with Crippen LogP contribution in [0.25, 0.3) is 0 Å². The van der Waals surface area contributed by atoms with Crippen LogP contribution in [-0.4, -0.2) is 15.9 Å². The second kappa shape index (κ2) is 5.90. The Balaban J connectivity index is 0.000000671. The van der Waals surface area contributed by atoms with Gasteiger partial charge < -0.3 is 9.90 Å². The first kappa shape index (κ1) is 12.3. The van der Waals surface area contributed by atoms with E-state index in [1.807, 2.05) is 11.9 Å². The van der Waals surface area contributed by atoms with Gasteiger partial charge in [-0.1, -0.05) is 22.6 Å². The van der Waals surface area contributed by atoms with Gasteiger partial charge in [0, 0.05) is 17.0 Å². The molecule has 0 N–H and O–H groups in total. The molecule has 0 atom stereocenters. The number of carbonyl (C=O) groups is 1. The first-order valence-corrected chi connectivity index (χ1v) is 5.80. The number of hydrogen-bond acceptors (Lipinski definition) is 3. The molecule has 0 saturated heterocycles. The van der Waals surface area contributed by atoms with E-state index in [2.05, 4.69) is 27.6 Å². The first-order valence-electron chi connectivity index (χ1n) is 3.64. The molecule has 0 aromatic carbocycles. The molecule has 0 spiro atoms. The van der Waals surface area contributed by atoms with Crippen molar-refractivity contribution in [2.24, 2.45) is 0 Å². The van der Waals surface area contributed by atoms with Crippen molar-refractivity contribution in [1.29, 1.82) is 0 Å². The predicted octanol–water partition coefficient (Wildman–Crippen LogP) is 1.11. The van der Waals surface area contributed by atoms with Crippen LogP contribution >= 0.6 is 22.6 Å². The largest absolute Gasteiger partial charge is 0.545 e. The summed E-state index contributed by atoms with van der Waals surface area (Å²) in [6, 6.07) is 3.16. The van der Waals surface area contributed by atoms with Gasteiger partial charge in [-0.15, -0.1) is 0 Å². The number of halogens is 1. The minimum Gasteiger partial charge on any atom is -0.545 e. The Kier molecular flexibility index (Phi) is 5.61. The van der Waals surface area contributed by atoms with Crippen LogP contribution in [0.2, 0.25) is 0 Å². The number of carbonyl (C=O) groups excluding carboxylic acids is 1. The second-order valence-electron chi connectivity index (χ2n) is 2.37. The van der Waals surface area contributed by atoms with Crippen molar-refractivity contribution in [3.63, 3.8) is 0 Å². The van der Waals surface area contributed by atoms with E-state index in [1.54, 1.807) is 13.0 Å². The van der Waals surface area contributed by atoms with Gasteiger partial charge in [0.2, 0.25) is 0 Å².